The fourth-order valence-electron chi connectivity index (χ4n) is 0.887. The maximum absolute atomic E-state index is 10.9. The maximum atomic E-state index is 10.9. The van der Waals surface area contributed by atoms with Crippen LogP contribution in [0.25, 0.3) is 0 Å². The van der Waals surface area contributed by atoms with Crippen LogP contribution in [0.5, 0.6) is 0 Å². The van der Waals surface area contributed by atoms with Crippen molar-refractivity contribution in [3.63, 3.8) is 0 Å². The summed E-state index contributed by atoms with van der Waals surface area (Å²) in [6, 6.07) is 9.43. The molecule has 76 valence electrons. The van der Waals surface area contributed by atoms with Crippen molar-refractivity contribution in [3.05, 3.63) is 35.9 Å². The van der Waals surface area contributed by atoms with Gasteiger partial charge in [0.1, 0.15) is 6.61 Å². The summed E-state index contributed by atoms with van der Waals surface area (Å²) in [5, 5.41) is 0. The van der Waals surface area contributed by atoms with Crippen molar-refractivity contribution in [3.8, 4) is 0 Å². The molecule has 0 unspecified atom stereocenters. The minimum Gasteiger partial charge on any atom is -0.459 e. The zero-order valence-electron chi connectivity index (χ0n) is 7.93. The molecular weight excluding hydrogens is 184 g/mol. The van der Waals surface area contributed by atoms with Crippen LogP contribution in [-0.2, 0) is 25.9 Å². The van der Waals surface area contributed by atoms with Crippen LogP contribution in [0.2, 0.25) is 0 Å². The van der Waals surface area contributed by atoms with Gasteiger partial charge >= 0.3 is 5.97 Å². The van der Waals surface area contributed by atoms with Gasteiger partial charge in [0.15, 0.2) is 6.61 Å². The minimum atomic E-state index is -0.448. The van der Waals surface area contributed by atoms with Gasteiger partial charge in [-0.05, 0) is 5.56 Å². The molecule has 0 amide bonds. The van der Waals surface area contributed by atoms with E-state index < -0.39 is 5.97 Å². The molecule has 4 heteroatoms. The molecule has 0 aromatic heterocycles. The van der Waals surface area contributed by atoms with Crippen LogP contribution in [0, 0.1) is 0 Å². The molecule has 0 aliphatic rings. The molecule has 0 saturated heterocycles. The van der Waals surface area contributed by atoms with Gasteiger partial charge in [0.25, 0.3) is 0 Å². The first-order valence-corrected chi connectivity index (χ1v) is 4.18. The van der Waals surface area contributed by atoms with Crippen molar-refractivity contribution in [1.29, 1.82) is 0 Å². The first-order valence-electron chi connectivity index (χ1n) is 4.18. The summed E-state index contributed by atoms with van der Waals surface area (Å²) >= 11 is 0. The van der Waals surface area contributed by atoms with Crippen molar-refractivity contribution in [2.24, 2.45) is 0 Å². The predicted octanol–water partition coefficient (Wildman–Crippen LogP) is 1.31. The van der Waals surface area contributed by atoms with Gasteiger partial charge in [0.05, 0.1) is 7.11 Å². The molecule has 0 atom stereocenters. The third-order valence-corrected chi connectivity index (χ3v) is 1.54. The van der Waals surface area contributed by atoms with Crippen LogP contribution in [0.1, 0.15) is 5.56 Å². The lowest BCUT2D eigenvalue weighted by atomic mass is 10.2. The number of rotatable bonds is 5. The topological polar surface area (TPSA) is 44.8 Å². The highest BCUT2D eigenvalue weighted by atomic mass is 17.2. The highest BCUT2D eigenvalue weighted by Crippen LogP contribution is 2.00. The molecule has 1 aromatic rings. The van der Waals surface area contributed by atoms with E-state index in [0.29, 0.717) is 0 Å². The van der Waals surface area contributed by atoms with Crippen LogP contribution >= 0.6 is 0 Å². The highest BCUT2D eigenvalue weighted by molar-refractivity contribution is 5.70. The van der Waals surface area contributed by atoms with Crippen molar-refractivity contribution < 1.29 is 19.3 Å². The second kappa shape index (κ2) is 6.12. The number of esters is 1. The van der Waals surface area contributed by atoms with Gasteiger partial charge in [0.2, 0.25) is 0 Å². The first kappa shape index (κ1) is 10.7. The molecule has 4 nitrogen and oxygen atoms in total. The molecule has 0 aliphatic heterocycles. The van der Waals surface area contributed by atoms with Gasteiger partial charge in [-0.1, -0.05) is 30.3 Å². The molecule has 0 fully saturated rings. The number of ether oxygens (including phenoxy) is 1. The Morgan fingerprint density at radius 1 is 1.29 bits per heavy atom. The Bertz CT molecular complexity index is 271. The molecule has 0 heterocycles. The van der Waals surface area contributed by atoms with Gasteiger partial charge < -0.3 is 4.74 Å². The van der Waals surface area contributed by atoms with Gasteiger partial charge in [-0.3, -0.25) is 0 Å². The molecule has 14 heavy (non-hydrogen) atoms. The number of carbonyl (C=O) groups excluding carboxylic acids is 1. The van der Waals surface area contributed by atoms with Gasteiger partial charge in [0, 0.05) is 0 Å². The first-order chi connectivity index (χ1) is 6.83. The molecule has 0 radical (unpaired) electrons. The lowest BCUT2D eigenvalue weighted by Crippen LogP contribution is -2.11. The van der Waals surface area contributed by atoms with E-state index in [0.717, 1.165) is 5.56 Å². The van der Waals surface area contributed by atoms with Gasteiger partial charge in [-0.2, -0.15) is 0 Å². The highest BCUT2D eigenvalue weighted by Gasteiger charge is 2.02. The zero-order chi connectivity index (χ0) is 10.2. The average Bonchev–Trinajstić information content (AvgIpc) is 2.25. The van der Waals surface area contributed by atoms with Crippen molar-refractivity contribution in [2.75, 3.05) is 13.7 Å². The minimum absolute atomic E-state index is 0.191. The fraction of sp³-hybridized carbons (Fsp3) is 0.300. The smallest absolute Gasteiger partial charge is 0.335 e. The predicted molar refractivity (Wildman–Crippen MR) is 49.2 cm³/mol. The number of benzene rings is 1. The van der Waals surface area contributed by atoms with Crippen molar-refractivity contribution >= 4 is 5.97 Å². The zero-order valence-corrected chi connectivity index (χ0v) is 7.93. The Balaban J connectivity index is 2.24. The molecule has 1 rings (SSSR count). The van der Waals surface area contributed by atoms with Crippen LogP contribution in [0.15, 0.2) is 30.3 Å². The summed E-state index contributed by atoms with van der Waals surface area (Å²) in [7, 11) is 1.34. The molecule has 0 spiro atoms. The van der Waals surface area contributed by atoms with Gasteiger partial charge in [-0.25, -0.2) is 14.6 Å². The second-order valence-electron chi connectivity index (χ2n) is 2.58. The summed E-state index contributed by atoms with van der Waals surface area (Å²) in [5.41, 5.74) is 0.943. The molecule has 0 N–H and O–H groups in total. The van der Waals surface area contributed by atoms with E-state index in [9.17, 15) is 4.79 Å². The third kappa shape index (κ3) is 4.02. The molecular formula is C10H12O4. The van der Waals surface area contributed by atoms with Crippen molar-refractivity contribution in [2.45, 2.75) is 6.61 Å². The molecule has 0 saturated carbocycles. The average molecular weight is 196 g/mol. The van der Waals surface area contributed by atoms with E-state index in [1.54, 1.807) is 0 Å². The summed E-state index contributed by atoms with van der Waals surface area (Å²) < 4.78 is 4.89. The van der Waals surface area contributed by atoms with E-state index in [1.165, 1.54) is 7.11 Å². The van der Waals surface area contributed by atoms with E-state index >= 15 is 0 Å². The van der Waals surface area contributed by atoms with Crippen LogP contribution < -0.4 is 0 Å². The Morgan fingerprint density at radius 2 is 2.00 bits per heavy atom. The van der Waals surface area contributed by atoms with Crippen LogP contribution in [0.4, 0.5) is 0 Å². The number of carbonyl (C=O) groups is 1. The quantitative estimate of drug-likeness (QED) is 0.404. The number of hydrogen-bond acceptors (Lipinski definition) is 4. The van der Waals surface area contributed by atoms with Crippen molar-refractivity contribution in [1.82, 2.24) is 0 Å². The van der Waals surface area contributed by atoms with Crippen LogP contribution in [-0.4, -0.2) is 19.7 Å². The Kier molecular flexibility index (Phi) is 4.68. The van der Waals surface area contributed by atoms with Gasteiger partial charge in [-0.15, -0.1) is 0 Å². The van der Waals surface area contributed by atoms with E-state index in [4.69, 9.17) is 4.74 Å². The lowest BCUT2D eigenvalue weighted by molar-refractivity contribution is -0.272. The van der Waals surface area contributed by atoms with E-state index in [-0.39, 0.29) is 13.2 Å². The standard InChI is InChI=1S/C10H12O4/c1-12-14-8-10(11)13-7-9-5-3-2-4-6-9/h2-6H,7-8H2,1H3. The monoisotopic (exact) mass is 196 g/mol. The lowest BCUT2D eigenvalue weighted by Gasteiger charge is -2.03. The SMILES string of the molecule is COOCC(=O)OCc1ccccc1. The maximum Gasteiger partial charge on any atom is 0.335 e. The van der Waals surface area contributed by atoms with E-state index in [1.807, 2.05) is 30.3 Å². The molecule has 1 aromatic carbocycles. The molecule has 0 bridgehead atoms. The summed E-state index contributed by atoms with van der Waals surface area (Å²) in [4.78, 5) is 19.6. The van der Waals surface area contributed by atoms with Crippen LogP contribution in [0.3, 0.4) is 0 Å². The second-order valence-corrected chi connectivity index (χ2v) is 2.58. The summed E-state index contributed by atoms with van der Waals surface area (Å²) in [6.45, 7) is 0.0656. The Labute approximate surface area is 82.3 Å². The number of hydrogen-bond donors (Lipinski definition) is 0. The Hall–Kier alpha value is -1.39. The summed E-state index contributed by atoms with van der Waals surface area (Å²) in [5.74, 6) is -0.448. The van der Waals surface area contributed by atoms with E-state index in [2.05, 4.69) is 9.78 Å². The molecule has 0 aliphatic carbocycles. The third-order valence-electron chi connectivity index (χ3n) is 1.54. The normalized spacial score (nSPS) is 9.79. The Morgan fingerprint density at radius 3 is 2.64 bits per heavy atom. The summed E-state index contributed by atoms with van der Waals surface area (Å²) in [6.07, 6.45) is 0. The largest absolute Gasteiger partial charge is 0.459 e. The fourth-order valence-corrected chi connectivity index (χ4v) is 0.887.